The molecule has 2 aliphatic rings. The average molecular weight is 495 g/mol. The molecule has 0 radical (unpaired) electrons. The Bertz CT molecular complexity index is 1160. The number of anilines is 1. The van der Waals surface area contributed by atoms with Crippen LogP contribution in [0.3, 0.4) is 0 Å². The van der Waals surface area contributed by atoms with Gasteiger partial charge in [0.1, 0.15) is 6.73 Å². The number of methoxy groups -OCH3 is 1. The summed E-state index contributed by atoms with van der Waals surface area (Å²) in [6.07, 6.45) is 12.0. The van der Waals surface area contributed by atoms with Crippen LogP contribution in [0, 0.1) is 0 Å². The van der Waals surface area contributed by atoms with Crippen LogP contribution in [0.5, 0.6) is 0 Å². The zero-order valence-corrected chi connectivity index (χ0v) is 21.1. The zero-order valence-electron chi connectivity index (χ0n) is 20.3. The largest absolute Gasteiger partial charge is 0.364 e. The van der Waals surface area contributed by atoms with Crippen molar-refractivity contribution in [3.05, 3.63) is 47.2 Å². The van der Waals surface area contributed by atoms with Crippen molar-refractivity contribution < 1.29 is 4.74 Å². The molecule has 0 aromatic carbocycles. The van der Waals surface area contributed by atoms with Gasteiger partial charge >= 0.3 is 0 Å². The third-order valence-electron chi connectivity index (χ3n) is 6.47. The van der Waals surface area contributed by atoms with Gasteiger partial charge in [0.2, 0.25) is 5.95 Å². The molecule has 2 N–H and O–H groups in total. The van der Waals surface area contributed by atoms with Crippen LogP contribution in [0.1, 0.15) is 37.7 Å². The molecular formula is C25H34N8OS. The standard InChI is InChI=1S/C25H34N8OS/c1-34-18-33-17-22(21-8-10-28-24(30-21)29-20-5-3-2-4-6-20)35-25(33)31-23-15-19(7-9-27-23)16-32-13-11-26-12-14-32/h7-10,15,17,20,26H,2-6,11-14,16,18H2,1H3,(H,28,29,30)/b31-25-. The fourth-order valence-corrected chi connectivity index (χ4v) is 5.61. The van der Waals surface area contributed by atoms with Gasteiger partial charge in [-0.15, -0.1) is 0 Å². The monoisotopic (exact) mass is 494 g/mol. The van der Waals surface area contributed by atoms with Gasteiger partial charge in [-0.2, -0.15) is 0 Å². The van der Waals surface area contributed by atoms with Crippen LogP contribution in [0.25, 0.3) is 10.6 Å². The molecule has 1 aliphatic heterocycles. The Balaban J connectivity index is 1.38. The van der Waals surface area contributed by atoms with E-state index in [1.54, 1.807) is 18.4 Å². The predicted molar refractivity (Wildman–Crippen MR) is 138 cm³/mol. The highest BCUT2D eigenvalue weighted by Gasteiger charge is 2.15. The summed E-state index contributed by atoms with van der Waals surface area (Å²) >= 11 is 1.58. The molecule has 0 amide bonds. The molecule has 1 saturated heterocycles. The summed E-state index contributed by atoms with van der Waals surface area (Å²) in [7, 11) is 1.69. The van der Waals surface area contributed by atoms with Crippen LogP contribution in [0.4, 0.5) is 11.8 Å². The summed E-state index contributed by atoms with van der Waals surface area (Å²) in [6, 6.07) is 6.57. The molecule has 2 fully saturated rings. The van der Waals surface area contributed by atoms with Gasteiger partial charge in [-0.05, 0) is 36.6 Å². The number of nitrogens with one attached hydrogen (secondary N) is 2. The topological polar surface area (TPSA) is 92.5 Å². The van der Waals surface area contributed by atoms with Crippen molar-refractivity contribution in [2.24, 2.45) is 4.99 Å². The Morgan fingerprint density at radius 2 is 1.97 bits per heavy atom. The zero-order chi connectivity index (χ0) is 23.9. The molecule has 4 heterocycles. The second kappa shape index (κ2) is 11.9. The number of hydrogen-bond donors (Lipinski definition) is 2. The van der Waals surface area contributed by atoms with E-state index in [-0.39, 0.29) is 0 Å². The first kappa shape index (κ1) is 24.1. The summed E-state index contributed by atoms with van der Waals surface area (Å²) in [5.74, 6) is 1.40. The van der Waals surface area contributed by atoms with E-state index in [0.717, 1.165) is 48.1 Å². The molecule has 35 heavy (non-hydrogen) atoms. The number of nitrogens with zero attached hydrogens (tertiary/aromatic N) is 6. The average Bonchev–Trinajstić information content (AvgIpc) is 3.28. The minimum atomic E-state index is 0.411. The molecule has 3 aromatic rings. The summed E-state index contributed by atoms with van der Waals surface area (Å²) in [5, 5.41) is 6.93. The van der Waals surface area contributed by atoms with Gasteiger partial charge < -0.3 is 15.4 Å². The molecule has 186 valence electrons. The van der Waals surface area contributed by atoms with Crippen LogP contribution in [-0.2, 0) is 18.0 Å². The maximum absolute atomic E-state index is 5.44. The number of ether oxygens (including phenoxy) is 1. The van der Waals surface area contributed by atoms with Gasteiger partial charge in [0, 0.05) is 64.5 Å². The van der Waals surface area contributed by atoms with Gasteiger partial charge in [0.05, 0.1) is 10.6 Å². The van der Waals surface area contributed by atoms with E-state index in [9.17, 15) is 0 Å². The Labute approximate surface area is 210 Å². The lowest BCUT2D eigenvalue weighted by Crippen LogP contribution is -2.42. The first-order valence-corrected chi connectivity index (χ1v) is 13.3. The molecular weight excluding hydrogens is 460 g/mol. The highest BCUT2D eigenvalue weighted by atomic mass is 32.1. The summed E-state index contributed by atoms with van der Waals surface area (Å²) in [5.41, 5.74) is 2.11. The van der Waals surface area contributed by atoms with Crippen LogP contribution in [0.2, 0.25) is 0 Å². The molecule has 5 rings (SSSR count). The summed E-state index contributed by atoms with van der Waals surface area (Å²) < 4.78 is 7.44. The number of piperazine rings is 1. The van der Waals surface area contributed by atoms with Crippen molar-refractivity contribution >= 4 is 23.1 Å². The molecule has 9 nitrogen and oxygen atoms in total. The third-order valence-corrected chi connectivity index (χ3v) is 7.51. The fourth-order valence-electron chi connectivity index (χ4n) is 4.66. The van der Waals surface area contributed by atoms with Crippen LogP contribution in [0.15, 0.2) is 41.8 Å². The molecule has 0 spiro atoms. The minimum absolute atomic E-state index is 0.411. The van der Waals surface area contributed by atoms with Crippen molar-refractivity contribution in [2.45, 2.75) is 51.4 Å². The highest BCUT2D eigenvalue weighted by molar-refractivity contribution is 7.12. The Morgan fingerprint density at radius 1 is 1.14 bits per heavy atom. The lowest BCUT2D eigenvalue weighted by atomic mass is 9.96. The first-order chi connectivity index (χ1) is 17.3. The number of rotatable bonds is 8. The van der Waals surface area contributed by atoms with E-state index >= 15 is 0 Å². The second-order valence-corrected chi connectivity index (χ2v) is 10.2. The molecule has 0 bridgehead atoms. The number of aromatic nitrogens is 4. The normalized spacial score (nSPS) is 18.1. The Morgan fingerprint density at radius 3 is 2.80 bits per heavy atom. The predicted octanol–water partition coefficient (Wildman–Crippen LogP) is 3.39. The van der Waals surface area contributed by atoms with E-state index in [1.807, 2.05) is 29.2 Å². The van der Waals surface area contributed by atoms with E-state index in [0.29, 0.717) is 24.5 Å². The van der Waals surface area contributed by atoms with Crippen molar-refractivity contribution in [3.8, 4) is 10.6 Å². The minimum Gasteiger partial charge on any atom is -0.364 e. The van der Waals surface area contributed by atoms with Crippen LogP contribution < -0.4 is 15.4 Å². The van der Waals surface area contributed by atoms with Crippen LogP contribution >= 0.6 is 11.3 Å². The van der Waals surface area contributed by atoms with Crippen molar-refractivity contribution in [3.63, 3.8) is 0 Å². The van der Waals surface area contributed by atoms with Gasteiger partial charge in [0.25, 0.3) is 0 Å². The fraction of sp³-hybridized carbons (Fsp3) is 0.520. The maximum Gasteiger partial charge on any atom is 0.223 e. The second-order valence-electron chi connectivity index (χ2n) is 9.17. The first-order valence-electron chi connectivity index (χ1n) is 12.5. The quantitative estimate of drug-likeness (QED) is 0.496. The van der Waals surface area contributed by atoms with E-state index in [2.05, 4.69) is 37.6 Å². The van der Waals surface area contributed by atoms with Gasteiger partial charge in [-0.1, -0.05) is 30.6 Å². The molecule has 0 unspecified atom stereocenters. The molecule has 10 heteroatoms. The third kappa shape index (κ3) is 6.52. The molecule has 1 saturated carbocycles. The van der Waals surface area contributed by atoms with E-state index in [1.165, 1.54) is 37.7 Å². The number of hydrogen-bond acceptors (Lipinski definition) is 9. The SMILES string of the molecule is COCn1cc(-c2ccnc(NC3CCCCC3)n2)s/c1=N\c1cc(CN2CCNCC2)ccn1. The van der Waals surface area contributed by atoms with Gasteiger partial charge in [0.15, 0.2) is 10.6 Å². The van der Waals surface area contributed by atoms with Crippen molar-refractivity contribution in [1.82, 2.24) is 29.7 Å². The highest BCUT2D eigenvalue weighted by Crippen LogP contribution is 2.24. The number of thiazole rings is 1. The van der Waals surface area contributed by atoms with Crippen LogP contribution in [-0.4, -0.2) is 63.7 Å². The Kier molecular flexibility index (Phi) is 8.14. The van der Waals surface area contributed by atoms with E-state index < -0.39 is 0 Å². The molecule has 0 atom stereocenters. The lowest BCUT2D eigenvalue weighted by molar-refractivity contribution is 0.129. The maximum atomic E-state index is 5.44. The van der Waals surface area contributed by atoms with Crippen molar-refractivity contribution in [2.75, 3.05) is 38.6 Å². The summed E-state index contributed by atoms with van der Waals surface area (Å²) in [6.45, 7) is 5.53. The van der Waals surface area contributed by atoms with Crippen molar-refractivity contribution in [1.29, 1.82) is 0 Å². The summed E-state index contributed by atoms with van der Waals surface area (Å²) in [4.78, 5) is 23.0. The van der Waals surface area contributed by atoms with E-state index in [4.69, 9.17) is 14.7 Å². The lowest BCUT2D eigenvalue weighted by Gasteiger charge is -2.27. The van der Waals surface area contributed by atoms with Gasteiger partial charge in [-0.25, -0.2) is 19.9 Å². The smallest absolute Gasteiger partial charge is 0.223 e. The van der Waals surface area contributed by atoms with Gasteiger partial charge in [-0.3, -0.25) is 9.47 Å². The number of pyridine rings is 1. The Hall–Kier alpha value is -2.66. The molecule has 3 aromatic heterocycles. The molecule has 1 aliphatic carbocycles.